The largest absolute Gasteiger partial charge is 0.439 e. The van der Waals surface area contributed by atoms with E-state index in [1.54, 1.807) is 30.5 Å². The molecule has 0 radical (unpaired) electrons. The van der Waals surface area contributed by atoms with E-state index in [1.165, 1.54) is 12.1 Å². The Morgan fingerprint density at radius 1 is 1.30 bits per heavy atom. The topological polar surface area (TPSA) is 86.5 Å². The van der Waals surface area contributed by atoms with Gasteiger partial charge in [0, 0.05) is 43.3 Å². The number of nitrogens with two attached hydrogens (primary N) is 1. The van der Waals surface area contributed by atoms with Crippen LogP contribution in [0.1, 0.15) is 32.8 Å². The zero-order chi connectivity index (χ0) is 20.4. The van der Waals surface area contributed by atoms with Gasteiger partial charge in [-0.2, -0.15) is 0 Å². The fraction of sp³-hybridized carbons (Fsp3) is 0.429. The molecule has 166 valence electrons. The lowest BCUT2D eigenvalue weighted by Crippen LogP contribution is -2.75. The first kappa shape index (κ1) is 26.1. The third-order valence-corrected chi connectivity index (χ3v) is 5.50. The number of ether oxygens (including phenoxy) is 2. The van der Waals surface area contributed by atoms with Crippen LogP contribution in [0, 0.1) is 11.2 Å². The minimum Gasteiger partial charge on any atom is -0.439 e. The molecule has 2 atom stereocenters. The molecule has 2 aromatic rings. The predicted molar refractivity (Wildman–Crippen MR) is 118 cm³/mol. The normalized spacial score (nSPS) is 21.4. The minimum atomic E-state index is -0.958. The maximum atomic E-state index is 13.2. The number of pyridine rings is 1. The van der Waals surface area contributed by atoms with Gasteiger partial charge in [-0.05, 0) is 24.6 Å². The Kier molecular flexibility index (Phi) is 9.05. The molecule has 1 aromatic heterocycles. The standard InChI is InChI=1S/C21H26FN3O3.2ClH/c1-4-27-17-11-21(23,20(17,2)3)19(26)25-13-14-8-9-18(24-12-14)28-16-7-5-6-15(22)10-16;;/h5-10,12,17H,4,11,13,23H2,1-3H3,(H,25,26);2*1H. The number of hydrogen-bond donors (Lipinski definition) is 2. The zero-order valence-corrected chi connectivity index (χ0v) is 18.8. The van der Waals surface area contributed by atoms with Crippen molar-refractivity contribution >= 4 is 30.7 Å². The van der Waals surface area contributed by atoms with Crippen LogP contribution in [-0.4, -0.2) is 29.1 Å². The van der Waals surface area contributed by atoms with Crippen LogP contribution in [0.25, 0.3) is 0 Å². The summed E-state index contributed by atoms with van der Waals surface area (Å²) in [4.78, 5) is 16.8. The maximum Gasteiger partial charge on any atom is 0.241 e. The SMILES string of the molecule is CCOC1CC(N)(C(=O)NCc2ccc(Oc3cccc(F)c3)nc2)C1(C)C.Cl.Cl. The van der Waals surface area contributed by atoms with Crippen LogP contribution >= 0.6 is 24.8 Å². The van der Waals surface area contributed by atoms with Gasteiger partial charge in [-0.3, -0.25) is 4.79 Å². The highest BCUT2D eigenvalue weighted by molar-refractivity contribution is 5.88. The highest BCUT2D eigenvalue weighted by Gasteiger charge is 2.62. The van der Waals surface area contributed by atoms with Crippen molar-refractivity contribution in [2.75, 3.05) is 6.61 Å². The molecule has 6 nitrogen and oxygen atoms in total. The second-order valence-corrected chi connectivity index (χ2v) is 7.59. The second-order valence-electron chi connectivity index (χ2n) is 7.59. The fourth-order valence-electron chi connectivity index (χ4n) is 3.39. The molecule has 1 aliphatic rings. The molecule has 2 unspecified atom stereocenters. The average Bonchev–Trinajstić information content (AvgIpc) is 2.67. The van der Waals surface area contributed by atoms with Gasteiger partial charge in [0.05, 0.1) is 6.10 Å². The molecule has 30 heavy (non-hydrogen) atoms. The number of hydrogen-bond acceptors (Lipinski definition) is 5. The van der Waals surface area contributed by atoms with Crippen LogP contribution in [0.2, 0.25) is 0 Å². The van der Waals surface area contributed by atoms with Crippen molar-refractivity contribution in [2.45, 2.75) is 45.4 Å². The van der Waals surface area contributed by atoms with Crippen LogP contribution in [-0.2, 0) is 16.1 Å². The smallest absolute Gasteiger partial charge is 0.241 e. The number of carbonyl (C=O) groups excluding carboxylic acids is 1. The van der Waals surface area contributed by atoms with Gasteiger partial charge in [0.2, 0.25) is 11.8 Å². The van der Waals surface area contributed by atoms with Crippen molar-refractivity contribution in [3.05, 3.63) is 54.0 Å². The molecule has 0 aliphatic heterocycles. The Hall–Kier alpha value is -1.93. The number of nitrogens with one attached hydrogen (secondary N) is 1. The van der Waals surface area contributed by atoms with Crippen LogP contribution in [0.3, 0.4) is 0 Å². The first-order valence-electron chi connectivity index (χ1n) is 9.33. The van der Waals surface area contributed by atoms with E-state index < -0.39 is 11.0 Å². The number of aromatic nitrogens is 1. The molecule has 1 fully saturated rings. The van der Waals surface area contributed by atoms with Crippen LogP contribution in [0.5, 0.6) is 11.6 Å². The van der Waals surface area contributed by atoms with Gasteiger partial charge >= 0.3 is 0 Å². The van der Waals surface area contributed by atoms with Gasteiger partial charge in [-0.25, -0.2) is 9.37 Å². The van der Waals surface area contributed by atoms with E-state index in [9.17, 15) is 9.18 Å². The zero-order valence-electron chi connectivity index (χ0n) is 17.2. The summed E-state index contributed by atoms with van der Waals surface area (Å²) >= 11 is 0. The Labute approximate surface area is 188 Å². The number of amides is 1. The number of benzene rings is 1. The number of halogens is 3. The minimum absolute atomic E-state index is 0. The maximum absolute atomic E-state index is 13.2. The molecule has 0 saturated heterocycles. The molecule has 9 heteroatoms. The van der Waals surface area contributed by atoms with Crippen molar-refractivity contribution in [1.29, 1.82) is 0 Å². The van der Waals surface area contributed by atoms with E-state index in [-0.39, 0.29) is 42.6 Å². The summed E-state index contributed by atoms with van der Waals surface area (Å²) in [5, 5.41) is 2.89. The number of carbonyl (C=O) groups is 1. The summed E-state index contributed by atoms with van der Waals surface area (Å²) in [7, 11) is 0. The van der Waals surface area contributed by atoms with Crippen molar-refractivity contribution in [2.24, 2.45) is 11.1 Å². The van der Waals surface area contributed by atoms with Gasteiger partial charge in [-0.15, -0.1) is 24.8 Å². The Bertz CT molecular complexity index is 852. The highest BCUT2D eigenvalue weighted by atomic mass is 35.5. The van der Waals surface area contributed by atoms with Crippen molar-refractivity contribution in [3.8, 4) is 11.6 Å². The van der Waals surface area contributed by atoms with Crippen LogP contribution < -0.4 is 15.8 Å². The Morgan fingerprint density at radius 2 is 2.03 bits per heavy atom. The first-order chi connectivity index (χ1) is 13.3. The lowest BCUT2D eigenvalue weighted by atomic mass is 9.54. The molecule has 1 saturated carbocycles. The van der Waals surface area contributed by atoms with Gasteiger partial charge in [0.25, 0.3) is 0 Å². The van der Waals surface area contributed by atoms with Crippen molar-refractivity contribution < 1.29 is 18.7 Å². The molecular formula is C21H28Cl2FN3O3. The molecule has 1 amide bonds. The summed E-state index contributed by atoms with van der Waals surface area (Å²) in [5.74, 6) is 0.136. The van der Waals surface area contributed by atoms with Gasteiger partial charge in [0.1, 0.15) is 17.1 Å². The molecule has 0 bridgehead atoms. The van der Waals surface area contributed by atoms with Crippen LogP contribution in [0.15, 0.2) is 42.6 Å². The molecule has 3 N–H and O–H groups in total. The van der Waals surface area contributed by atoms with Crippen molar-refractivity contribution in [3.63, 3.8) is 0 Å². The van der Waals surface area contributed by atoms with Crippen molar-refractivity contribution in [1.82, 2.24) is 10.3 Å². The van der Waals surface area contributed by atoms with E-state index in [0.717, 1.165) is 5.56 Å². The fourth-order valence-corrected chi connectivity index (χ4v) is 3.39. The molecule has 1 heterocycles. The van der Waals surface area contributed by atoms with E-state index in [0.29, 0.717) is 31.2 Å². The second kappa shape index (κ2) is 10.4. The summed E-state index contributed by atoms with van der Waals surface area (Å²) in [5.41, 5.74) is 5.79. The Morgan fingerprint density at radius 3 is 2.60 bits per heavy atom. The van der Waals surface area contributed by atoms with E-state index in [1.807, 2.05) is 20.8 Å². The molecule has 1 aromatic carbocycles. The van der Waals surface area contributed by atoms with Gasteiger partial charge in [-0.1, -0.05) is 26.0 Å². The summed E-state index contributed by atoms with van der Waals surface area (Å²) in [6, 6.07) is 9.30. The number of nitrogens with zero attached hydrogens (tertiary/aromatic N) is 1. The average molecular weight is 460 g/mol. The van der Waals surface area contributed by atoms with Crippen LogP contribution in [0.4, 0.5) is 4.39 Å². The lowest BCUT2D eigenvalue weighted by Gasteiger charge is -2.57. The van der Waals surface area contributed by atoms with Gasteiger partial charge in [0.15, 0.2) is 0 Å². The molecular weight excluding hydrogens is 432 g/mol. The quantitative estimate of drug-likeness (QED) is 0.652. The monoisotopic (exact) mass is 459 g/mol. The third kappa shape index (κ3) is 5.21. The first-order valence-corrected chi connectivity index (χ1v) is 9.33. The molecule has 0 spiro atoms. The summed E-state index contributed by atoms with van der Waals surface area (Å²) < 4.78 is 24.4. The third-order valence-electron chi connectivity index (χ3n) is 5.50. The predicted octanol–water partition coefficient (Wildman–Crippen LogP) is 4.01. The van der Waals surface area contributed by atoms with E-state index in [4.69, 9.17) is 15.2 Å². The molecule has 1 aliphatic carbocycles. The van der Waals surface area contributed by atoms with E-state index in [2.05, 4.69) is 10.3 Å². The highest BCUT2D eigenvalue weighted by Crippen LogP contribution is 2.49. The summed E-state index contributed by atoms with van der Waals surface area (Å²) in [6.07, 6.45) is 2.08. The summed E-state index contributed by atoms with van der Waals surface area (Å²) in [6.45, 7) is 6.75. The lowest BCUT2D eigenvalue weighted by molar-refractivity contribution is -0.170. The molecule has 3 rings (SSSR count). The Balaban J connectivity index is 0.00000225. The van der Waals surface area contributed by atoms with E-state index >= 15 is 0 Å². The van der Waals surface area contributed by atoms with Gasteiger partial charge < -0.3 is 20.5 Å². The number of rotatable bonds is 7.